The first-order valence-corrected chi connectivity index (χ1v) is 23.7. The van der Waals surface area contributed by atoms with E-state index in [4.69, 9.17) is 24.1 Å². The average molecular weight is 928 g/mol. The lowest BCUT2D eigenvalue weighted by Gasteiger charge is -2.32. The van der Waals surface area contributed by atoms with Crippen LogP contribution in [0.15, 0.2) is 65.8 Å². The Morgan fingerprint density at radius 2 is 1.55 bits per heavy atom. The molecule has 7 atom stereocenters. The van der Waals surface area contributed by atoms with Gasteiger partial charge in [0, 0.05) is 61.7 Å². The summed E-state index contributed by atoms with van der Waals surface area (Å²) in [6.45, 7) is 1.64. The fourth-order valence-corrected chi connectivity index (χ4v) is 9.66. The van der Waals surface area contributed by atoms with Crippen molar-refractivity contribution in [1.29, 1.82) is 0 Å². The van der Waals surface area contributed by atoms with Gasteiger partial charge in [-0.1, -0.05) is 80.6 Å². The number of H-pyrrole nitrogens is 1. The molecule has 3 fully saturated rings. The van der Waals surface area contributed by atoms with Crippen LogP contribution in [-0.2, 0) is 46.4 Å². The number of nitrogens with zero attached hydrogens (tertiary/aromatic N) is 2. The number of thiol groups is 1. The van der Waals surface area contributed by atoms with Crippen LogP contribution >= 0.6 is 12.6 Å². The Kier molecular flexibility index (Phi) is 17.9. The predicted octanol–water partition coefficient (Wildman–Crippen LogP) is 1.23. The van der Waals surface area contributed by atoms with E-state index in [0.29, 0.717) is 12.8 Å². The van der Waals surface area contributed by atoms with Gasteiger partial charge >= 0.3 is 0 Å². The Labute approximate surface area is 390 Å². The van der Waals surface area contributed by atoms with E-state index in [1.165, 1.54) is 11.8 Å². The van der Waals surface area contributed by atoms with Crippen molar-refractivity contribution in [3.63, 3.8) is 0 Å². The third-order valence-corrected chi connectivity index (χ3v) is 13.0. The lowest BCUT2D eigenvalue weighted by molar-refractivity contribution is -0.142. The molecule has 19 heteroatoms. The first-order chi connectivity index (χ1) is 31.7. The molecule has 18 nitrogen and oxygen atoms in total. The van der Waals surface area contributed by atoms with E-state index in [1.807, 2.05) is 54.6 Å². The van der Waals surface area contributed by atoms with Crippen molar-refractivity contribution in [1.82, 2.24) is 41.8 Å². The Balaban J connectivity index is 1.33. The molecule has 0 radical (unpaired) electrons. The summed E-state index contributed by atoms with van der Waals surface area (Å²) in [6.07, 6.45) is 8.02. The first-order valence-electron chi connectivity index (χ1n) is 23.1. The Hall–Kier alpha value is -6.11. The quantitative estimate of drug-likeness (QED) is 0.0511. The second-order valence-electron chi connectivity index (χ2n) is 17.8. The van der Waals surface area contributed by atoms with Crippen molar-refractivity contribution < 1.29 is 33.6 Å². The molecule has 2 aromatic carbocycles. The van der Waals surface area contributed by atoms with Crippen molar-refractivity contribution in [2.45, 2.75) is 132 Å². The average Bonchev–Trinajstić information content (AvgIpc) is 3.90. The minimum Gasteiger partial charge on any atom is -0.370 e. The van der Waals surface area contributed by atoms with Gasteiger partial charge in [-0.05, 0) is 61.6 Å². The topological polar surface area (TPSA) is 275 Å². The minimum atomic E-state index is -1.17. The van der Waals surface area contributed by atoms with Crippen LogP contribution in [-0.4, -0.2) is 118 Å². The van der Waals surface area contributed by atoms with Crippen LogP contribution in [0.3, 0.4) is 0 Å². The molecular formula is C47H65N11O7S. The second kappa shape index (κ2) is 23.9. The number of nitrogens with one attached hydrogen (secondary N) is 7. The normalized spacial score (nSPS) is 24.4. The molecule has 1 saturated carbocycles. The molecule has 3 aromatic rings. The summed E-state index contributed by atoms with van der Waals surface area (Å²) in [7, 11) is 0. The number of aromatic amines is 1. The van der Waals surface area contributed by atoms with Crippen LogP contribution < -0.4 is 43.4 Å². The molecule has 1 aliphatic carbocycles. The van der Waals surface area contributed by atoms with Crippen molar-refractivity contribution in [3.05, 3.63) is 71.9 Å². The van der Waals surface area contributed by atoms with Crippen LogP contribution in [0.2, 0.25) is 0 Å². The minimum absolute atomic E-state index is 0.0476. The lowest BCUT2D eigenvalue weighted by Crippen LogP contribution is -2.60. The summed E-state index contributed by atoms with van der Waals surface area (Å²) >= 11 is 4.70. The number of benzene rings is 2. The van der Waals surface area contributed by atoms with Crippen molar-refractivity contribution in [2.75, 3.05) is 19.6 Å². The number of fused-ring (bicyclic) bond motifs is 2. The second-order valence-corrected chi connectivity index (χ2v) is 18.5. The number of carbonyl (C=O) groups is 7. The highest BCUT2D eigenvalue weighted by Gasteiger charge is 2.43. The van der Waals surface area contributed by atoms with Gasteiger partial charge in [-0.3, -0.25) is 38.6 Å². The Morgan fingerprint density at radius 3 is 2.29 bits per heavy atom. The van der Waals surface area contributed by atoms with Crippen molar-refractivity contribution >= 4 is 70.8 Å². The number of nitrogens with two attached hydrogens (primary N) is 2. The van der Waals surface area contributed by atoms with Gasteiger partial charge in [0.15, 0.2) is 5.96 Å². The van der Waals surface area contributed by atoms with Crippen LogP contribution in [0, 0.1) is 5.92 Å². The maximum Gasteiger partial charge on any atom is 0.245 e. The number of aliphatic imine (C=N–C) groups is 1. The zero-order chi connectivity index (χ0) is 47.2. The van der Waals surface area contributed by atoms with E-state index in [-0.39, 0.29) is 70.0 Å². The molecule has 0 unspecified atom stereocenters. The molecule has 356 valence electrons. The highest BCUT2D eigenvalue weighted by molar-refractivity contribution is 7.81. The molecule has 3 aliphatic rings. The number of carbonyl (C=O) groups excluding carboxylic acids is 7. The summed E-state index contributed by atoms with van der Waals surface area (Å²) in [5, 5.41) is 17.7. The van der Waals surface area contributed by atoms with Gasteiger partial charge in [-0.2, -0.15) is 12.6 Å². The molecule has 3 heterocycles. The third-order valence-electron chi connectivity index (χ3n) is 12.7. The molecule has 1 aromatic heterocycles. The summed E-state index contributed by atoms with van der Waals surface area (Å²) in [5.41, 5.74) is 13.5. The summed E-state index contributed by atoms with van der Waals surface area (Å²) < 4.78 is 0. The highest BCUT2D eigenvalue weighted by Crippen LogP contribution is 2.29. The summed E-state index contributed by atoms with van der Waals surface area (Å²) in [5.74, 6) is -3.80. The standard InChI is InChI=1S/C47H65N11O7S/c1-28(59)53-37(22-29-12-4-2-5-13-29)42(61)55-36-19-11-20-50-41(60)35(18-10-21-51-47(48)49)54-44(63)39(24-31-26-52-34-17-9-8-16-33(31)34)56-43(62)38(23-30-14-6-3-7-15-30)57-45(64)40-25-32(66)27-58(40)46(36)65/h2,4-5,8-9,12-13,16-17,26,30,32,35-40,52,66H,3,6-7,10-11,14-15,18-25,27H2,1H3,(H,50,60)(H,53,59)(H,54,63)(H,55,61)(H,56,62)(H,57,64)(H4,48,49,51)/t32-,35-,36-,37-,38+,39-,40-/m0/s1. The van der Waals surface area contributed by atoms with Crippen molar-refractivity contribution in [3.8, 4) is 0 Å². The number of amides is 7. The number of rotatable bonds is 13. The van der Waals surface area contributed by atoms with E-state index < -0.39 is 82.9 Å². The van der Waals surface area contributed by atoms with E-state index >= 15 is 0 Å². The highest BCUT2D eigenvalue weighted by atomic mass is 32.1. The van der Waals surface area contributed by atoms with Crippen LogP contribution in [0.1, 0.15) is 88.7 Å². The number of aromatic nitrogens is 1. The zero-order valence-electron chi connectivity index (χ0n) is 37.6. The van der Waals surface area contributed by atoms with Crippen molar-refractivity contribution in [2.24, 2.45) is 22.4 Å². The molecule has 2 saturated heterocycles. The number of hydrogen-bond acceptors (Lipinski definition) is 9. The SMILES string of the molecule is CC(=O)N[C@@H](Cc1ccccc1)C(=O)N[C@H]1CCCNC(=O)[C@H](CCCN=C(N)N)NC(=O)[C@H](Cc2c[nH]c3ccccc23)NC(=O)[C@@H](CC2CCCCC2)NC(=O)[C@@H]2C[C@H](S)CN2C1=O. The molecule has 6 rings (SSSR count). The summed E-state index contributed by atoms with van der Waals surface area (Å²) in [4.78, 5) is 107. The van der Waals surface area contributed by atoms with Gasteiger partial charge in [-0.15, -0.1) is 0 Å². The van der Waals surface area contributed by atoms with E-state index in [1.54, 1.807) is 6.20 Å². The van der Waals surface area contributed by atoms with Crippen LogP contribution in [0.5, 0.6) is 0 Å². The molecular weight excluding hydrogens is 863 g/mol. The smallest absolute Gasteiger partial charge is 0.245 e. The third kappa shape index (κ3) is 14.0. The van der Waals surface area contributed by atoms with Gasteiger partial charge in [-0.25, -0.2) is 0 Å². The lowest BCUT2D eigenvalue weighted by atomic mass is 9.84. The van der Waals surface area contributed by atoms with Gasteiger partial charge in [0.1, 0.15) is 36.3 Å². The Bertz CT molecular complexity index is 2210. The molecule has 2 aliphatic heterocycles. The monoisotopic (exact) mass is 927 g/mol. The van der Waals surface area contributed by atoms with Crippen LogP contribution in [0.4, 0.5) is 0 Å². The summed E-state index contributed by atoms with van der Waals surface area (Å²) in [6, 6.07) is 10.2. The van der Waals surface area contributed by atoms with Crippen LogP contribution in [0.25, 0.3) is 10.9 Å². The fraction of sp³-hybridized carbons (Fsp3) is 0.532. The van der Waals surface area contributed by atoms with Gasteiger partial charge < -0.3 is 53.3 Å². The maximum atomic E-state index is 14.7. The maximum absolute atomic E-state index is 14.7. The molecule has 66 heavy (non-hydrogen) atoms. The zero-order valence-corrected chi connectivity index (χ0v) is 38.5. The largest absolute Gasteiger partial charge is 0.370 e. The van der Waals surface area contributed by atoms with Gasteiger partial charge in [0.2, 0.25) is 41.4 Å². The fourth-order valence-electron chi connectivity index (χ4n) is 9.28. The first kappa shape index (κ1) is 49.3. The van der Waals surface area contributed by atoms with Gasteiger partial charge in [0.25, 0.3) is 0 Å². The van der Waals surface area contributed by atoms with E-state index in [2.05, 4.69) is 41.9 Å². The number of para-hydroxylation sites is 1. The van der Waals surface area contributed by atoms with E-state index in [9.17, 15) is 33.6 Å². The molecule has 7 amide bonds. The number of guanidine groups is 1. The molecule has 0 spiro atoms. The Morgan fingerprint density at radius 1 is 0.848 bits per heavy atom. The number of hydrogen-bond donors (Lipinski definition) is 10. The van der Waals surface area contributed by atoms with E-state index in [0.717, 1.165) is 54.1 Å². The predicted molar refractivity (Wildman–Crippen MR) is 254 cm³/mol. The van der Waals surface area contributed by atoms with Gasteiger partial charge in [0.05, 0.1) is 0 Å². The molecule has 0 bridgehead atoms. The molecule has 11 N–H and O–H groups in total.